The summed E-state index contributed by atoms with van der Waals surface area (Å²) in [5, 5.41) is 0. The third-order valence-corrected chi connectivity index (χ3v) is 3.57. The molecule has 0 bridgehead atoms. The molecule has 5 heteroatoms. The van der Waals surface area contributed by atoms with Gasteiger partial charge in [0.25, 0.3) is 5.56 Å². The summed E-state index contributed by atoms with van der Waals surface area (Å²) in [5.74, 6) is 0.589. The molecule has 18 heavy (non-hydrogen) atoms. The van der Waals surface area contributed by atoms with Gasteiger partial charge in [0.1, 0.15) is 0 Å². The van der Waals surface area contributed by atoms with Crippen LogP contribution >= 0.6 is 0 Å². The molecule has 2 rings (SSSR count). The van der Waals surface area contributed by atoms with Crippen LogP contribution in [0.1, 0.15) is 12.8 Å². The number of hydrogen-bond acceptors (Lipinski definition) is 4. The zero-order valence-electron chi connectivity index (χ0n) is 10.9. The Bertz CT molecular complexity index is 411. The minimum Gasteiger partial charge on any atom is -0.383 e. The molecule has 2 heterocycles. The Hall–Kier alpha value is -1.20. The van der Waals surface area contributed by atoms with Crippen LogP contribution in [0.15, 0.2) is 23.4 Å². The molecule has 1 aliphatic rings. The van der Waals surface area contributed by atoms with Crippen LogP contribution in [0.5, 0.6) is 0 Å². The molecule has 1 aliphatic heterocycles. The number of aromatic nitrogens is 2. The van der Waals surface area contributed by atoms with Crippen molar-refractivity contribution >= 4 is 0 Å². The number of hydrogen-bond donors (Lipinski definition) is 0. The molecule has 0 unspecified atom stereocenters. The highest BCUT2D eigenvalue weighted by atomic mass is 16.5. The SMILES string of the molecule is COCCN1CCC(Cn2cnccc2=O)CC1. The second kappa shape index (κ2) is 6.66. The summed E-state index contributed by atoms with van der Waals surface area (Å²) in [6.45, 7) is 4.81. The predicted octanol–water partition coefficient (Wildman–Crippen LogP) is 0.602. The van der Waals surface area contributed by atoms with Gasteiger partial charge in [-0.25, -0.2) is 4.98 Å². The quantitative estimate of drug-likeness (QED) is 0.769. The van der Waals surface area contributed by atoms with Crippen molar-refractivity contribution in [1.29, 1.82) is 0 Å². The number of ether oxygens (including phenoxy) is 1. The van der Waals surface area contributed by atoms with Gasteiger partial charge in [-0.3, -0.25) is 9.36 Å². The lowest BCUT2D eigenvalue weighted by Gasteiger charge is -2.31. The van der Waals surface area contributed by atoms with Gasteiger partial charge < -0.3 is 9.64 Å². The minimum atomic E-state index is 0.0480. The van der Waals surface area contributed by atoms with Crippen LogP contribution < -0.4 is 5.56 Å². The normalized spacial score (nSPS) is 18.1. The van der Waals surface area contributed by atoms with Crippen molar-refractivity contribution in [2.75, 3.05) is 33.4 Å². The van der Waals surface area contributed by atoms with Crippen LogP contribution in [-0.2, 0) is 11.3 Å². The van der Waals surface area contributed by atoms with E-state index in [9.17, 15) is 4.79 Å². The largest absolute Gasteiger partial charge is 0.383 e. The highest BCUT2D eigenvalue weighted by molar-refractivity contribution is 4.83. The zero-order chi connectivity index (χ0) is 12.8. The average Bonchev–Trinajstić information content (AvgIpc) is 2.41. The van der Waals surface area contributed by atoms with E-state index < -0.39 is 0 Å². The average molecular weight is 251 g/mol. The van der Waals surface area contributed by atoms with E-state index in [2.05, 4.69) is 9.88 Å². The van der Waals surface area contributed by atoms with Crippen LogP contribution in [-0.4, -0.2) is 47.8 Å². The Morgan fingerprint density at radius 1 is 1.44 bits per heavy atom. The van der Waals surface area contributed by atoms with Gasteiger partial charge in [-0.05, 0) is 31.8 Å². The fraction of sp³-hybridized carbons (Fsp3) is 0.692. The van der Waals surface area contributed by atoms with Gasteiger partial charge in [-0.2, -0.15) is 0 Å². The van der Waals surface area contributed by atoms with Gasteiger partial charge in [0.15, 0.2) is 0 Å². The molecule has 1 saturated heterocycles. The van der Waals surface area contributed by atoms with E-state index in [1.807, 2.05) is 0 Å². The number of methoxy groups -OCH3 is 1. The van der Waals surface area contributed by atoms with Gasteiger partial charge in [0.2, 0.25) is 0 Å². The van der Waals surface area contributed by atoms with Crippen molar-refractivity contribution in [3.63, 3.8) is 0 Å². The van der Waals surface area contributed by atoms with Crippen molar-refractivity contribution < 1.29 is 4.74 Å². The molecular weight excluding hydrogens is 230 g/mol. The van der Waals surface area contributed by atoms with Crippen LogP contribution in [0.25, 0.3) is 0 Å². The summed E-state index contributed by atoms with van der Waals surface area (Å²) in [4.78, 5) is 18.0. The lowest BCUT2D eigenvalue weighted by molar-refractivity contribution is 0.116. The maximum Gasteiger partial charge on any atom is 0.253 e. The first-order chi connectivity index (χ1) is 8.79. The molecule has 100 valence electrons. The lowest BCUT2D eigenvalue weighted by atomic mass is 9.97. The molecular formula is C13H21N3O2. The third-order valence-electron chi connectivity index (χ3n) is 3.57. The molecule has 0 amide bonds. The highest BCUT2D eigenvalue weighted by Crippen LogP contribution is 2.18. The fourth-order valence-corrected chi connectivity index (χ4v) is 2.41. The topological polar surface area (TPSA) is 47.4 Å². The summed E-state index contributed by atoms with van der Waals surface area (Å²) >= 11 is 0. The summed E-state index contributed by atoms with van der Waals surface area (Å²) in [5.41, 5.74) is 0.0480. The maximum atomic E-state index is 11.6. The van der Waals surface area contributed by atoms with E-state index in [0.29, 0.717) is 5.92 Å². The Morgan fingerprint density at radius 2 is 2.22 bits per heavy atom. The molecule has 0 atom stereocenters. The van der Waals surface area contributed by atoms with Crippen molar-refractivity contribution in [3.05, 3.63) is 28.9 Å². The molecule has 1 aromatic rings. The van der Waals surface area contributed by atoms with E-state index in [4.69, 9.17) is 4.74 Å². The van der Waals surface area contributed by atoms with E-state index in [0.717, 1.165) is 45.6 Å². The van der Waals surface area contributed by atoms with E-state index >= 15 is 0 Å². The van der Waals surface area contributed by atoms with Gasteiger partial charge in [-0.1, -0.05) is 0 Å². The van der Waals surface area contributed by atoms with Gasteiger partial charge in [0, 0.05) is 32.5 Å². The van der Waals surface area contributed by atoms with E-state index in [1.165, 1.54) is 6.07 Å². The molecule has 5 nitrogen and oxygen atoms in total. The Balaban J connectivity index is 1.80. The second-order valence-electron chi connectivity index (χ2n) is 4.85. The summed E-state index contributed by atoms with van der Waals surface area (Å²) in [6, 6.07) is 1.52. The number of nitrogens with zero attached hydrogens (tertiary/aromatic N) is 3. The van der Waals surface area contributed by atoms with Crippen molar-refractivity contribution in [3.8, 4) is 0 Å². The first kappa shape index (κ1) is 13.2. The van der Waals surface area contributed by atoms with Crippen molar-refractivity contribution in [2.45, 2.75) is 19.4 Å². The molecule has 0 radical (unpaired) electrons. The minimum absolute atomic E-state index is 0.0480. The lowest BCUT2D eigenvalue weighted by Crippen LogP contribution is -2.37. The van der Waals surface area contributed by atoms with E-state index in [-0.39, 0.29) is 5.56 Å². The Kier molecular flexibility index (Phi) is 4.90. The molecule has 1 fully saturated rings. The van der Waals surface area contributed by atoms with Crippen LogP contribution in [0.3, 0.4) is 0 Å². The highest BCUT2D eigenvalue weighted by Gasteiger charge is 2.19. The molecule has 0 spiro atoms. The van der Waals surface area contributed by atoms with Crippen molar-refractivity contribution in [1.82, 2.24) is 14.5 Å². The van der Waals surface area contributed by atoms with Gasteiger partial charge >= 0.3 is 0 Å². The monoisotopic (exact) mass is 251 g/mol. The van der Waals surface area contributed by atoms with E-state index in [1.54, 1.807) is 24.2 Å². The van der Waals surface area contributed by atoms with Gasteiger partial charge in [0.05, 0.1) is 12.9 Å². The van der Waals surface area contributed by atoms with Crippen LogP contribution in [0.4, 0.5) is 0 Å². The molecule has 0 N–H and O–H groups in total. The third kappa shape index (κ3) is 3.65. The Morgan fingerprint density at radius 3 is 2.89 bits per heavy atom. The van der Waals surface area contributed by atoms with Crippen molar-refractivity contribution in [2.24, 2.45) is 5.92 Å². The summed E-state index contributed by atoms with van der Waals surface area (Å²) in [6.07, 6.45) is 5.47. The predicted molar refractivity (Wildman–Crippen MR) is 69.5 cm³/mol. The zero-order valence-corrected chi connectivity index (χ0v) is 10.9. The molecule has 0 aromatic carbocycles. The van der Waals surface area contributed by atoms with Crippen LogP contribution in [0, 0.1) is 5.92 Å². The molecule has 1 aromatic heterocycles. The summed E-state index contributed by atoms with van der Waals surface area (Å²) in [7, 11) is 1.74. The number of rotatable bonds is 5. The standard InChI is InChI=1S/C13H21N3O2/c1-18-9-8-15-6-3-12(4-7-15)10-16-11-14-5-2-13(16)17/h2,5,11-12H,3-4,6-10H2,1H3. The Labute approximate surface area is 107 Å². The summed E-state index contributed by atoms with van der Waals surface area (Å²) < 4.78 is 6.81. The first-order valence-corrected chi connectivity index (χ1v) is 6.51. The molecule has 0 saturated carbocycles. The fourth-order valence-electron chi connectivity index (χ4n) is 2.41. The maximum absolute atomic E-state index is 11.6. The van der Waals surface area contributed by atoms with Crippen LogP contribution in [0.2, 0.25) is 0 Å². The second-order valence-corrected chi connectivity index (χ2v) is 4.85. The molecule has 0 aliphatic carbocycles. The van der Waals surface area contributed by atoms with Gasteiger partial charge in [-0.15, -0.1) is 0 Å². The number of likely N-dealkylation sites (tertiary alicyclic amines) is 1. The smallest absolute Gasteiger partial charge is 0.253 e. The first-order valence-electron chi connectivity index (χ1n) is 6.51. The number of piperidine rings is 1.